The fourth-order valence-electron chi connectivity index (χ4n) is 0.921. The lowest BCUT2D eigenvalue weighted by molar-refractivity contribution is 1.46. The lowest BCUT2D eigenvalue weighted by Crippen LogP contribution is -1.95. The highest BCUT2D eigenvalue weighted by Crippen LogP contribution is 2.20. The van der Waals surface area contributed by atoms with Crippen molar-refractivity contribution in [2.75, 3.05) is 0 Å². The Morgan fingerprint density at radius 3 is 3.10 bits per heavy atom. The zero-order chi connectivity index (χ0) is 6.97. The third-order valence-electron chi connectivity index (χ3n) is 1.42. The van der Waals surface area contributed by atoms with Crippen LogP contribution in [0.4, 0.5) is 0 Å². The predicted molar refractivity (Wildman–Crippen MR) is 37.7 cm³/mol. The average molecular weight is 129 g/mol. The van der Waals surface area contributed by atoms with Crippen LogP contribution in [0.1, 0.15) is 0 Å². The average Bonchev–Trinajstić information content (AvgIpc) is 2.44. The molecule has 0 unspecified atom stereocenters. The SMILES string of the molecule is N#CC1=CN=C2C=NC=C12. The van der Waals surface area contributed by atoms with Crippen LogP contribution in [0.2, 0.25) is 0 Å². The molecule has 2 aliphatic rings. The molecule has 0 bridgehead atoms. The van der Waals surface area contributed by atoms with E-state index in [-0.39, 0.29) is 0 Å². The van der Waals surface area contributed by atoms with Crippen molar-refractivity contribution in [2.24, 2.45) is 9.98 Å². The molecule has 0 aliphatic carbocycles. The minimum Gasteiger partial charge on any atom is -0.262 e. The van der Waals surface area contributed by atoms with Crippen molar-refractivity contribution in [2.45, 2.75) is 0 Å². The van der Waals surface area contributed by atoms with E-state index in [4.69, 9.17) is 5.26 Å². The molecule has 2 rings (SSSR count). The smallest absolute Gasteiger partial charge is 0.102 e. The fourth-order valence-corrected chi connectivity index (χ4v) is 0.921. The molecule has 0 aromatic rings. The van der Waals surface area contributed by atoms with E-state index in [1.807, 2.05) is 6.07 Å². The van der Waals surface area contributed by atoms with Crippen molar-refractivity contribution in [3.8, 4) is 6.07 Å². The topological polar surface area (TPSA) is 48.5 Å². The minimum absolute atomic E-state index is 0.604. The molecule has 0 spiro atoms. The van der Waals surface area contributed by atoms with E-state index in [9.17, 15) is 0 Å². The molecule has 10 heavy (non-hydrogen) atoms. The lowest BCUT2D eigenvalue weighted by Gasteiger charge is -1.86. The van der Waals surface area contributed by atoms with Gasteiger partial charge in [0.05, 0.1) is 17.5 Å². The molecular formula is C7H3N3. The zero-order valence-corrected chi connectivity index (χ0v) is 5.07. The molecule has 46 valence electrons. The summed E-state index contributed by atoms with van der Waals surface area (Å²) in [5.74, 6) is 0. The van der Waals surface area contributed by atoms with Crippen LogP contribution in [-0.4, -0.2) is 11.9 Å². The van der Waals surface area contributed by atoms with Gasteiger partial charge in [-0.2, -0.15) is 5.26 Å². The fraction of sp³-hybridized carbons (Fsp3) is 0. The van der Waals surface area contributed by atoms with E-state index >= 15 is 0 Å². The second-order valence-corrected chi connectivity index (χ2v) is 1.99. The zero-order valence-electron chi connectivity index (χ0n) is 5.07. The molecule has 0 aromatic heterocycles. The van der Waals surface area contributed by atoms with E-state index in [0.717, 1.165) is 11.3 Å². The Kier molecular flexibility index (Phi) is 0.842. The van der Waals surface area contributed by atoms with Gasteiger partial charge >= 0.3 is 0 Å². The second kappa shape index (κ2) is 1.64. The molecule has 2 aliphatic heterocycles. The molecule has 0 atom stereocenters. The summed E-state index contributed by atoms with van der Waals surface area (Å²) in [7, 11) is 0. The largest absolute Gasteiger partial charge is 0.262 e. The van der Waals surface area contributed by atoms with E-state index in [0.29, 0.717) is 5.57 Å². The Morgan fingerprint density at radius 1 is 1.40 bits per heavy atom. The Hall–Kier alpha value is -1.69. The number of aliphatic imine (C=N–C) groups is 2. The molecule has 2 heterocycles. The van der Waals surface area contributed by atoms with Crippen molar-refractivity contribution in [3.05, 3.63) is 23.5 Å². The van der Waals surface area contributed by atoms with Gasteiger partial charge in [0, 0.05) is 18.0 Å². The third-order valence-corrected chi connectivity index (χ3v) is 1.42. The van der Waals surface area contributed by atoms with Gasteiger partial charge < -0.3 is 0 Å². The van der Waals surface area contributed by atoms with Crippen LogP contribution >= 0.6 is 0 Å². The monoisotopic (exact) mass is 129 g/mol. The van der Waals surface area contributed by atoms with Crippen molar-refractivity contribution in [1.82, 2.24) is 0 Å². The summed E-state index contributed by atoms with van der Waals surface area (Å²) in [5.41, 5.74) is 2.26. The minimum atomic E-state index is 0.604. The Labute approximate surface area is 57.7 Å². The van der Waals surface area contributed by atoms with Gasteiger partial charge in [0.1, 0.15) is 6.07 Å². The maximum absolute atomic E-state index is 8.53. The van der Waals surface area contributed by atoms with Gasteiger partial charge in [0.2, 0.25) is 0 Å². The normalized spacial score (nSPS) is 19.3. The molecule has 0 radical (unpaired) electrons. The molecule has 0 amide bonds. The second-order valence-electron chi connectivity index (χ2n) is 1.99. The van der Waals surface area contributed by atoms with Crippen molar-refractivity contribution < 1.29 is 0 Å². The van der Waals surface area contributed by atoms with Crippen molar-refractivity contribution >= 4 is 11.9 Å². The molecule has 0 saturated heterocycles. The highest BCUT2D eigenvalue weighted by atomic mass is 14.8. The summed E-state index contributed by atoms with van der Waals surface area (Å²) < 4.78 is 0. The molecule has 3 heteroatoms. The summed E-state index contributed by atoms with van der Waals surface area (Å²) in [5, 5.41) is 8.53. The third kappa shape index (κ3) is 0.477. The first-order chi connectivity index (χ1) is 4.92. The molecule has 3 nitrogen and oxygen atoms in total. The standard InChI is InChI=1S/C7H3N3/c8-1-5-2-10-7-4-9-3-6(5)7/h2-4H. The van der Waals surface area contributed by atoms with Crippen LogP contribution in [0.3, 0.4) is 0 Å². The summed E-state index contributed by atoms with van der Waals surface area (Å²) in [4.78, 5) is 7.82. The first-order valence-electron chi connectivity index (χ1n) is 2.84. The molecule has 0 N–H and O–H groups in total. The molecule has 0 aromatic carbocycles. The number of fused-ring (bicyclic) bond motifs is 1. The molecular weight excluding hydrogens is 126 g/mol. The number of nitriles is 1. The number of nitrogens with zero attached hydrogens (tertiary/aromatic N) is 3. The number of rotatable bonds is 0. The maximum Gasteiger partial charge on any atom is 0.102 e. The summed E-state index contributed by atoms with van der Waals surface area (Å²) >= 11 is 0. The Morgan fingerprint density at radius 2 is 2.30 bits per heavy atom. The van der Waals surface area contributed by atoms with Crippen LogP contribution in [0.25, 0.3) is 0 Å². The van der Waals surface area contributed by atoms with E-state index in [1.54, 1.807) is 18.6 Å². The van der Waals surface area contributed by atoms with Crippen LogP contribution in [0.15, 0.2) is 33.5 Å². The van der Waals surface area contributed by atoms with Gasteiger partial charge in [-0.05, 0) is 0 Å². The van der Waals surface area contributed by atoms with Crippen LogP contribution < -0.4 is 0 Å². The Bertz CT molecular complexity index is 336. The quantitative estimate of drug-likeness (QED) is 0.477. The summed E-state index contributed by atoms with van der Waals surface area (Å²) in [6, 6.07) is 2.03. The lowest BCUT2D eigenvalue weighted by atomic mass is 10.1. The number of hydrogen-bond donors (Lipinski definition) is 0. The highest BCUT2D eigenvalue weighted by Gasteiger charge is 2.18. The summed E-state index contributed by atoms with van der Waals surface area (Å²) in [6.07, 6.45) is 4.86. The molecule has 0 fully saturated rings. The van der Waals surface area contributed by atoms with Gasteiger partial charge in [0.25, 0.3) is 0 Å². The van der Waals surface area contributed by atoms with Gasteiger partial charge in [-0.1, -0.05) is 0 Å². The van der Waals surface area contributed by atoms with E-state index < -0.39 is 0 Å². The first-order valence-corrected chi connectivity index (χ1v) is 2.84. The van der Waals surface area contributed by atoms with Crippen LogP contribution in [-0.2, 0) is 0 Å². The van der Waals surface area contributed by atoms with Gasteiger partial charge in [-0.25, -0.2) is 0 Å². The van der Waals surface area contributed by atoms with Crippen LogP contribution in [0.5, 0.6) is 0 Å². The Balaban J connectivity index is 2.49. The number of hydrogen-bond acceptors (Lipinski definition) is 3. The highest BCUT2D eigenvalue weighted by molar-refractivity contribution is 6.42. The summed E-state index contributed by atoms with van der Waals surface area (Å²) in [6.45, 7) is 0. The van der Waals surface area contributed by atoms with E-state index in [1.165, 1.54) is 0 Å². The van der Waals surface area contributed by atoms with Gasteiger partial charge in [-0.15, -0.1) is 0 Å². The van der Waals surface area contributed by atoms with Crippen molar-refractivity contribution in [3.63, 3.8) is 0 Å². The van der Waals surface area contributed by atoms with Gasteiger partial charge in [0.15, 0.2) is 0 Å². The molecule has 0 saturated carbocycles. The van der Waals surface area contributed by atoms with Gasteiger partial charge in [-0.3, -0.25) is 9.98 Å². The number of allylic oxidation sites excluding steroid dienone is 2. The van der Waals surface area contributed by atoms with Crippen LogP contribution in [0, 0.1) is 11.3 Å². The first kappa shape index (κ1) is 5.12. The maximum atomic E-state index is 8.53. The predicted octanol–water partition coefficient (Wildman–Crippen LogP) is 0.817. The van der Waals surface area contributed by atoms with Crippen molar-refractivity contribution in [1.29, 1.82) is 5.26 Å². The van der Waals surface area contributed by atoms with E-state index in [2.05, 4.69) is 9.98 Å².